The van der Waals surface area contributed by atoms with Gasteiger partial charge in [0.15, 0.2) is 0 Å². The first-order valence-corrected chi connectivity index (χ1v) is 13.5. The van der Waals surface area contributed by atoms with Gasteiger partial charge in [-0.15, -0.1) is 11.8 Å². The van der Waals surface area contributed by atoms with Gasteiger partial charge in [-0.25, -0.2) is 4.39 Å². The first-order chi connectivity index (χ1) is 19.0. The van der Waals surface area contributed by atoms with Gasteiger partial charge in [0.1, 0.15) is 29.2 Å². The van der Waals surface area contributed by atoms with Crippen molar-refractivity contribution < 1.29 is 24.1 Å². The Morgan fingerprint density at radius 2 is 1.85 bits per heavy atom. The van der Waals surface area contributed by atoms with Gasteiger partial charge in [-0.3, -0.25) is 9.78 Å². The largest absolute Gasteiger partial charge is 0.508 e. The fraction of sp³-hybridized carbons (Fsp3) is 0.161. The minimum Gasteiger partial charge on any atom is -0.508 e. The van der Waals surface area contributed by atoms with Crippen LogP contribution < -0.4 is 9.64 Å². The number of aliphatic hydroxyl groups is 1. The Morgan fingerprint density at radius 1 is 1.08 bits per heavy atom. The van der Waals surface area contributed by atoms with E-state index in [1.165, 1.54) is 42.1 Å². The molecular weight excluding hydrogens is 515 g/mol. The Morgan fingerprint density at radius 3 is 2.54 bits per heavy atom. The van der Waals surface area contributed by atoms with Gasteiger partial charge in [-0.05, 0) is 59.2 Å². The Balaban J connectivity index is 1.44. The minimum absolute atomic E-state index is 0.0479. The van der Waals surface area contributed by atoms with E-state index in [9.17, 15) is 19.4 Å². The zero-order valence-corrected chi connectivity index (χ0v) is 21.8. The number of anilines is 1. The van der Waals surface area contributed by atoms with Crippen LogP contribution in [-0.4, -0.2) is 38.7 Å². The van der Waals surface area contributed by atoms with Gasteiger partial charge in [0.05, 0.1) is 12.1 Å². The summed E-state index contributed by atoms with van der Waals surface area (Å²) in [6, 6.07) is 21.6. The van der Waals surface area contributed by atoms with Crippen LogP contribution in [0.3, 0.4) is 0 Å². The molecule has 8 heteroatoms. The number of thioether (sulfide) groups is 1. The van der Waals surface area contributed by atoms with E-state index in [0.717, 1.165) is 22.4 Å². The van der Waals surface area contributed by atoms with Crippen molar-refractivity contribution in [2.45, 2.75) is 17.4 Å². The summed E-state index contributed by atoms with van der Waals surface area (Å²) in [5, 5.41) is 20.3. The first kappa shape index (κ1) is 26.5. The van der Waals surface area contributed by atoms with Crippen molar-refractivity contribution in [3.05, 3.63) is 121 Å². The Bertz CT molecular complexity index is 1450. The fourth-order valence-electron chi connectivity index (χ4n) is 4.58. The van der Waals surface area contributed by atoms with Gasteiger partial charge in [0.25, 0.3) is 0 Å². The number of β-lactam (4-membered cyclic amide) rings is 1. The number of aromatic nitrogens is 1. The molecule has 2 heterocycles. The molecular formula is C31H27FN2O4S. The summed E-state index contributed by atoms with van der Waals surface area (Å²) in [5.74, 6) is 0.263. The van der Waals surface area contributed by atoms with Gasteiger partial charge in [0.2, 0.25) is 5.91 Å². The Kier molecular flexibility index (Phi) is 7.95. The zero-order valence-electron chi connectivity index (χ0n) is 21.0. The number of carbonyl (C=O) groups is 1. The van der Waals surface area contributed by atoms with Crippen molar-refractivity contribution in [2.75, 3.05) is 17.3 Å². The number of pyridine rings is 1. The molecule has 5 rings (SSSR count). The average Bonchev–Trinajstić information content (AvgIpc) is 2.96. The number of phenols is 1. The molecule has 0 spiro atoms. The highest BCUT2D eigenvalue weighted by Crippen LogP contribution is 2.49. The fourth-order valence-corrected chi connectivity index (χ4v) is 5.87. The summed E-state index contributed by atoms with van der Waals surface area (Å²) in [7, 11) is 0. The summed E-state index contributed by atoms with van der Waals surface area (Å²) in [6.45, 7) is 3.93. The zero-order chi connectivity index (χ0) is 27.4. The van der Waals surface area contributed by atoms with Crippen LogP contribution >= 0.6 is 11.8 Å². The van der Waals surface area contributed by atoms with E-state index in [0.29, 0.717) is 11.3 Å². The molecule has 3 atom stereocenters. The number of aliphatic hydroxyl groups excluding tert-OH is 1. The molecule has 2 N–H and O–H groups in total. The quantitative estimate of drug-likeness (QED) is 0.187. The number of benzene rings is 3. The van der Waals surface area contributed by atoms with Crippen LogP contribution in [0.4, 0.5) is 10.1 Å². The monoisotopic (exact) mass is 542 g/mol. The number of amides is 1. The molecule has 1 saturated heterocycles. The predicted octanol–water partition coefficient (Wildman–Crippen LogP) is 6.08. The highest BCUT2D eigenvalue weighted by Gasteiger charge is 2.50. The lowest BCUT2D eigenvalue weighted by molar-refractivity contribution is -0.123. The lowest BCUT2D eigenvalue weighted by Crippen LogP contribution is -2.58. The van der Waals surface area contributed by atoms with Crippen molar-refractivity contribution in [3.63, 3.8) is 0 Å². The van der Waals surface area contributed by atoms with E-state index in [-0.39, 0.29) is 29.8 Å². The highest BCUT2D eigenvalue weighted by atomic mass is 32.2. The van der Waals surface area contributed by atoms with E-state index < -0.39 is 17.4 Å². The number of hydrogen-bond acceptors (Lipinski definition) is 6. The van der Waals surface area contributed by atoms with Crippen molar-refractivity contribution in [2.24, 2.45) is 0 Å². The first-order valence-electron chi connectivity index (χ1n) is 12.4. The van der Waals surface area contributed by atoms with Gasteiger partial charge in [-0.1, -0.05) is 43.0 Å². The van der Waals surface area contributed by atoms with Gasteiger partial charge in [-0.2, -0.15) is 0 Å². The number of halogens is 1. The van der Waals surface area contributed by atoms with Gasteiger partial charge < -0.3 is 19.8 Å². The molecule has 1 amide bonds. The molecule has 6 nitrogen and oxygen atoms in total. The van der Waals surface area contributed by atoms with E-state index in [2.05, 4.69) is 11.6 Å². The van der Waals surface area contributed by atoms with E-state index in [1.54, 1.807) is 35.5 Å². The molecule has 0 radical (unpaired) electrons. The summed E-state index contributed by atoms with van der Waals surface area (Å²) in [4.78, 5) is 19.4. The number of ether oxygens (including phenoxy) is 1. The molecule has 1 aromatic heterocycles. The summed E-state index contributed by atoms with van der Waals surface area (Å²) in [6.07, 6.45) is 4.24. The van der Waals surface area contributed by atoms with Gasteiger partial charge >= 0.3 is 0 Å². The summed E-state index contributed by atoms with van der Waals surface area (Å²) >= 11 is 1.34. The second kappa shape index (κ2) is 11.7. The number of rotatable bonds is 10. The average molecular weight is 543 g/mol. The molecule has 0 aliphatic carbocycles. The van der Waals surface area contributed by atoms with Crippen LogP contribution in [0, 0.1) is 5.82 Å². The standard InChI is InChI=1S/C31H27FN2O4S/c1-2-16-38-28-17-25(35)13-14-26(28)29-30(39-19-27(36)21-5-9-23(32)10-6-21)31(37)34(29)24-11-7-20(8-12-24)22-4-3-15-33-18-22/h2-15,17-18,27,29-30,35-36H,1,16,19H2/t27-,29-,30-/m1/s1. The maximum atomic E-state index is 13.5. The minimum atomic E-state index is -0.867. The number of hydrogen-bond donors (Lipinski definition) is 2. The Labute approximate surface area is 230 Å². The smallest absolute Gasteiger partial charge is 0.243 e. The van der Waals surface area contributed by atoms with Crippen LogP contribution in [0.1, 0.15) is 23.3 Å². The molecule has 1 aliphatic heterocycles. The lowest BCUT2D eigenvalue weighted by atomic mass is 9.91. The van der Waals surface area contributed by atoms with Crippen molar-refractivity contribution in [3.8, 4) is 22.6 Å². The number of nitrogens with zero attached hydrogens (tertiary/aromatic N) is 2. The topological polar surface area (TPSA) is 82.9 Å². The third-order valence-electron chi connectivity index (χ3n) is 6.55. The second-order valence-electron chi connectivity index (χ2n) is 9.08. The van der Waals surface area contributed by atoms with Crippen LogP contribution in [-0.2, 0) is 4.79 Å². The van der Waals surface area contributed by atoms with Gasteiger partial charge in [0, 0.05) is 35.5 Å². The molecule has 1 fully saturated rings. The SMILES string of the molecule is C=CCOc1cc(O)ccc1[C@@H]1[C@@H](SC[C@@H](O)c2ccc(F)cc2)C(=O)N1c1ccc(-c2cccnc2)cc1. The molecule has 4 aromatic rings. The molecule has 0 saturated carbocycles. The maximum Gasteiger partial charge on any atom is 0.243 e. The van der Waals surface area contributed by atoms with E-state index >= 15 is 0 Å². The lowest BCUT2D eigenvalue weighted by Gasteiger charge is -2.47. The maximum absolute atomic E-state index is 13.5. The third kappa shape index (κ3) is 5.67. The molecule has 39 heavy (non-hydrogen) atoms. The number of carbonyl (C=O) groups excluding carboxylic acids is 1. The van der Waals surface area contributed by atoms with E-state index in [4.69, 9.17) is 4.74 Å². The van der Waals surface area contributed by atoms with Crippen molar-refractivity contribution >= 4 is 23.4 Å². The van der Waals surface area contributed by atoms with Crippen molar-refractivity contribution in [1.29, 1.82) is 0 Å². The highest BCUT2D eigenvalue weighted by molar-refractivity contribution is 8.00. The molecule has 1 aliphatic rings. The molecule has 198 valence electrons. The number of aromatic hydroxyl groups is 1. The second-order valence-corrected chi connectivity index (χ2v) is 10.3. The van der Waals surface area contributed by atoms with Crippen LogP contribution in [0.2, 0.25) is 0 Å². The van der Waals surface area contributed by atoms with Crippen LogP contribution in [0.5, 0.6) is 11.5 Å². The Hall–Kier alpha value is -4.14. The molecule has 0 bridgehead atoms. The predicted molar refractivity (Wildman–Crippen MR) is 151 cm³/mol. The van der Waals surface area contributed by atoms with Crippen molar-refractivity contribution in [1.82, 2.24) is 4.98 Å². The normalized spacial score (nSPS) is 17.4. The van der Waals surface area contributed by atoms with Crippen LogP contribution in [0.15, 0.2) is 104 Å². The summed E-state index contributed by atoms with van der Waals surface area (Å²) in [5.41, 5.74) is 3.98. The molecule has 3 aromatic carbocycles. The molecule has 0 unspecified atom stereocenters. The number of phenolic OH excluding ortho intramolecular Hbond substituents is 1. The third-order valence-corrected chi connectivity index (χ3v) is 7.87. The van der Waals surface area contributed by atoms with E-state index in [1.807, 2.05) is 36.4 Å². The van der Waals surface area contributed by atoms with Crippen LogP contribution in [0.25, 0.3) is 11.1 Å². The summed E-state index contributed by atoms with van der Waals surface area (Å²) < 4.78 is 19.2.